The van der Waals surface area contributed by atoms with Crippen molar-refractivity contribution in [1.29, 1.82) is 0 Å². The molecule has 16 heavy (non-hydrogen) atoms. The van der Waals surface area contributed by atoms with Crippen LogP contribution in [0.25, 0.3) is 0 Å². The number of benzene rings is 1. The van der Waals surface area contributed by atoms with Crippen LogP contribution in [0.15, 0.2) is 30.3 Å². The normalized spacial score (nSPS) is 14.6. The van der Waals surface area contributed by atoms with Crippen molar-refractivity contribution in [2.24, 2.45) is 0 Å². The quantitative estimate of drug-likeness (QED) is 0.546. The van der Waals surface area contributed by atoms with Crippen LogP contribution in [-0.2, 0) is 4.79 Å². The molecule has 0 aromatic heterocycles. The van der Waals surface area contributed by atoms with Crippen LogP contribution in [0.1, 0.15) is 13.3 Å². The lowest BCUT2D eigenvalue weighted by atomic mass is 10.0. The minimum atomic E-state index is -1.82. The molecular formula is C11H15NO4. The Kier molecular flexibility index (Phi) is 4.00. The summed E-state index contributed by atoms with van der Waals surface area (Å²) < 4.78 is 0. The molecule has 0 radical (unpaired) electrons. The number of nitrogens with one attached hydrogen (secondary N) is 1. The first-order valence-corrected chi connectivity index (χ1v) is 4.87. The molecule has 0 fully saturated rings. The molecule has 0 bridgehead atoms. The van der Waals surface area contributed by atoms with E-state index in [2.05, 4.69) is 5.32 Å². The highest BCUT2D eigenvalue weighted by atomic mass is 16.5. The molecular weight excluding hydrogens is 210 g/mol. The summed E-state index contributed by atoms with van der Waals surface area (Å²) in [5.41, 5.74) is -1.27. The van der Waals surface area contributed by atoms with Crippen molar-refractivity contribution in [2.75, 3.05) is 5.32 Å². The Morgan fingerprint density at radius 1 is 1.38 bits per heavy atom. The monoisotopic (exact) mass is 225 g/mol. The van der Waals surface area contributed by atoms with E-state index in [9.17, 15) is 9.90 Å². The Morgan fingerprint density at radius 2 is 1.94 bits per heavy atom. The maximum Gasteiger partial charge on any atom is 0.256 e. The largest absolute Gasteiger partial charge is 0.380 e. The van der Waals surface area contributed by atoms with Crippen molar-refractivity contribution in [1.82, 2.24) is 0 Å². The molecule has 0 aliphatic heterocycles. The molecule has 0 spiro atoms. The van der Waals surface area contributed by atoms with E-state index in [1.165, 1.54) is 6.92 Å². The predicted molar refractivity (Wildman–Crippen MR) is 58.5 cm³/mol. The molecule has 5 heteroatoms. The first kappa shape index (κ1) is 12.6. The summed E-state index contributed by atoms with van der Waals surface area (Å²) in [6.45, 7) is 1.23. The Morgan fingerprint density at radius 3 is 2.44 bits per heavy atom. The van der Waals surface area contributed by atoms with E-state index in [0.717, 1.165) is 0 Å². The molecule has 5 nitrogen and oxygen atoms in total. The zero-order valence-electron chi connectivity index (χ0n) is 8.92. The first-order valence-electron chi connectivity index (χ1n) is 4.87. The standard InChI is InChI=1S/C11H15NO4/c1-11(16,7-9(13)14)10(15)12-8-5-3-2-4-6-8/h2-6,9,13-14,16H,7H2,1H3,(H,12,15). The highest BCUT2D eigenvalue weighted by Crippen LogP contribution is 2.15. The molecule has 4 N–H and O–H groups in total. The maximum absolute atomic E-state index is 11.6. The molecule has 0 aliphatic rings. The van der Waals surface area contributed by atoms with E-state index in [0.29, 0.717) is 5.69 Å². The SMILES string of the molecule is CC(O)(CC(O)O)C(=O)Nc1ccccc1. The Labute approximate surface area is 93.4 Å². The lowest BCUT2D eigenvalue weighted by Gasteiger charge is -2.22. The summed E-state index contributed by atoms with van der Waals surface area (Å²) >= 11 is 0. The molecule has 0 saturated heterocycles. The van der Waals surface area contributed by atoms with Gasteiger partial charge < -0.3 is 20.6 Å². The van der Waals surface area contributed by atoms with Gasteiger partial charge in [-0.2, -0.15) is 0 Å². The summed E-state index contributed by atoms with van der Waals surface area (Å²) in [6.07, 6.45) is -2.16. The van der Waals surface area contributed by atoms with E-state index >= 15 is 0 Å². The smallest absolute Gasteiger partial charge is 0.256 e. The van der Waals surface area contributed by atoms with Gasteiger partial charge in [0.25, 0.3) is 5.91 Å². The molecule has 0 saturated carbocycles. The lowest BCUT2D eigenvalue weighted by Crippen LogP contribution is -2.42. The topological polar surface area (TPSA) is 89.8 Å². The molecule has 1 amide bonds. The maximum atomic E-state index is 11.6. The summed E-state index contributed by atoms with van der Waals surface area (Å²) in [6, 6.07) is 8.62. The minimum absolute atomic E-state index is 0.439. The van der Waals surface area contributed by atoms with Gasteiger partial charge in [0.1, 0.15) is 5.60 Å². The van der Waals surface area contributed by atoms with Gasteiger partial charge in [0.15, 0.2) is 6.29 Å². The molecule has 1 aromatic rings. The number of hydrogen-bond donors (Lipinski definition) is 4. The van der Waals surface area contributed by atoms with Crippen LogP contribution in [0.2, 0.25) is 0 Å². The minimum Gasteiger partial charge on any atom is -0.380 e. The zero-order chi connectivity index (χ0) is 12.2. The second-order valence-electron chi connectivity index (χ2n) is 3.78. The molecule has 1 unspecified atom stereocenters. The van der Waals surface area contributed by atoms with Gasteiger partial charge in [-0.05, 0) is 19.1 Å². The Balaban J connectivity index is 2.65. The second-order valence-corrected chi connectivity index (χ2v) is 3.78. The van der Waals surface area contributed by atoms with Crippen molar-refractivity contribution >= 4 is 11.6 Å². The average molecular weight is 225 g/mol. The Hall–Kier alpha value is -1.43. The summed E-state index contributed by atoms with van der Waals surface area (Å²) in [4.78, 5) is 11.6. The molecule has 0 heterocycles. The molecule has 1 aromatic carbocycles. The number of aliphatic hydroxyl groups is 3. The number of aliphatic hydroxyl groups excluding tert-OH is 1. The van der Waals surface area contributed by atoms with Gasteiger partial charge in [-0.15, -0.1) is 0 Å². The van der Waals surface area contributed by atoms with Crippen LogP contribution in [0.5, 0.6) is 0 Å². The van der Waals surface area contributed by atoms with Gasteiger partial charge in [-0.3, -0.25) is 4.79 Å². The molecule has 1 atom stereocenters. The van der Waals surface area contributed by atoms with Gasteiger partial charge in [0.05, 0.1) is 0 Å². The zero-order valence-corrected chi connectivity index (χ0v) is 8.92. The first-order chi connectivity index (χ1) is 7.42. The van der Waals surface area contributed by atoms with E-state index in [1.807, 2.05) is 0 Å². The van der Waals surface area contributed by atoms with Gasteiger partial charge >= 0.3 is 0 Å². The highest BCUT2D eigenvalue weighted by Gasteiger charge is 2.32. The highest BCUT2D eigenvalue weighted by molar-refractivity contribution is 5.96. The number of rotatable bonds is 4. The molecule has 0 aliphatic carbocycles. The number of amides is 1. The van der Waals surface area contributed by atoms with E-state index < -0.39 is 24.2 Å². The van der Waals surface area contributed by atoms with Gasteiger partial charge in [0.2, 0.25) is 0 Å². The van der Waals surface area contributed by atoms with Crippen molar-refractivity contribution in [3.05, 3.63) is 30.3 Å². The van der Waals surface area contributed by atoms with Crippen molar-refractivity contribution in [3.8, 4) is 0 Å². The van der Waals surface area contributed by atoms with E-state index in [-0.39, 0.29) is 0 Å². The third-order valence-corrected chi connectivity index (χ3v) is 2.10. The number of anilines is 1. The third kappa shape index (κ3) is 3.62. The van der Waals surface area contributed by atoms with Crippen LogP contribution in [0.4, 0.5) is 5.69 Å². The summed E-state index contributed by atoms with van der Waals surface area (Å²) in [5, 5.41) is 29.6. The fraction of sp³-hybridized carbons (Fsp3) is 0.364. The van der Waals surface area contributed by atoms with E-state index in [1.54, 1.807) is 30.3 Å². The molecule has 1 rings (SSSR count). The second kappa shape index (κ2) is 5.07. The van der Waals surface area contributed by atoms with Crippen LogP contribution < -0.4 is 5.32 Å². The summed E-state index contributed by atoms with van der Waals surface area (Å²) in [7, 11) is 0. The van der Waals surface area contributed by atoms with E-state index in [4.69, 9.17) is 10.2 Å². The van der Waals surface area contributed by atoms with Gasteiger partial charge in [-0.1, -0.05) is 18.2 Å². The fourth-order valence-corrected chi connectivity index (χ4v) is 1.24. The lowest BCUT2D eigenvalue weighted by molar-refractivity contribution is -0.144. The number of carbonyl (C=O) groups is 1. The Bertz CT molecular complexity index is 348. The van der Waals surface area contributed by atoms with Crippen LogP contribution in [0.3, 0.4) is 0 Å². The number of para-hydroxylation sites is 1. The van der Waals surface area contributed by atoms with Crippen LogP contribution >= 0.6 is 0 Å². The van der Waals surface area contributed by atoms with Crippen LogP contribution in [-0.4, -0.2) is 33.1 Å². The number of hydrogen-bond acceptors (Lipinski definition) is 4. The fourth-order valence-electron chi connectivity index (χ4n) is 1.24. The predicted octanol–water partition coefficient (Wildman–Crippen LogP) is 0.0769. The average Bonchev–Trinajstić information content (AvgIpc) is 2.17. The van der Waals surface area contributed by atoms with Gasteiger partial charge in [0, 0.05) is 12.1 Å². The van der Waals surface area contributed by atoms with Gasteiger partial charge in [-0.25, -0.2) is 0 Å². The van der Waals surface area contributed by atoms with Crippen molar-refractivity contribution in [3.63, 3.8) is 0 Å². The van der Waals surface area contributed by atoms with Crippen LogP contribution in [0, 0.1) is 0 Å². The third-order valence-electron chi connectivity index (χ3n) is 2.10. The molecule has 88 valence electrons. The van der Waals surface area contributed by atoms with Crippen molar-refractivity contribution < 1.29 is 20.1 Å². The summed E-state index contributed by atoms with van der Waals surface area (Å²) in [5.74, 6) is -0.674. The van der Waals surface area contributed by atoms with Crippen molar-refractivity contribution in [2.45, 2.75) is 25.2 Å². The number of carbonyl (C=O) groups excluding carboxylic acids is 1.